The van der Waals surface area contributed by atoms with Gasteiger partial charge in [-0.15, -0.1) is 0 Å². The van der Waals surface area contributed by atoms with Crippen molar-refractivity contribution >= 4 is 43.4 Å². The summed E-state index contributed by atoms with van der Waals surface area (Å²) in [4.78, 5) is 20.2. The molecule has 27 heavy (non-hydrogen) atoms. The average Bonchev–Trinajstić information content (AvgIpc) is 2.60. The number of nitrogens with one attached hydrogen (secondary N) is 2. The first kappa shape index (κ1) is 19.4. The zero-order valence-corrected chi connectivity index (χ0v) is 17.5. The van der Waals surface area contributed by atoms with E-state index in [2.05, 4.69) is 65.8 Å². The molecule has 0 aliphatic heterocycles. The van der Waals surface area contributed by atoms with Gasteiger partial charge < -0.3 is 16.0 Å². The number of pyridine rings is 2. The van der Waals surface area contributed by atoms with Gasteiger partial charge in [-0.3, -0.25) is 4.79 Å². The Hall–Kier alpha value is -2.36. The minimum absolute atomic E-state index is 0.0503. The Kier molecular flexibility index (Phi) is 5.27. The second kappa shape index (κ2) is 7.34. The Morgan fingerprint density at radius 3 is 2.74 bits per heavy atom. The van der Waals surface area contributed by atoms with Crippen LogP contribution in [0.25, 0.3) is 21.7 Å². The van der Waals surface area contributed by atoms with Crippen molar-refractivity contribution in [3.8, 4) is 11.8 Å². The molecule has 0 spiro atoms. The van der Waals surface area contributed by atoms with E-state index in [1.807, 2.05) is 18.2 Å². The van der Waals surface area contributed by atoms with Crippen molar-refractivity contribution in [2.45, 2.75) is 33.7 Å². The third kappa shape index (κ3) is 3.85. The highest BCUT2D eigenvalue weighted by Gasteiger charge is 2.22. The van der Waals surface area contributed by atoms with Crippen molar-refractivity contribution in [3.05, 3.63) is 44.8 Å². The van der Waals surface area contributed by atoms with Crippen molar-refractivity contribution in [1.82, 2.24) is 9.97 Å². The molecule has 1 aromatic carbocycles. The molecule has 1 unspecified atom stereocenters. The van der Waals surface area contributed by atoms with Crippen molar-refractivity contribution in [2.75, 3.05) is 11.9 Å². The van der Waals surface area contributed by atoms with Crippen LogP contribution in [0.1, 0.15) is 33.3 Å². The van der Waals surface area contributed by atoms with Gasteiger partial charge in [0.15, 0.2) is 0 Å². The van der Waals surface area contributed by atoms with Crippen molar-refractivity contribution in [3.63, 3.8) is 0 Å². The van der Waals surface area contributed by atoms with Crippen molar-refractivity contribution in [2.24, 2.45) is 11.1 Å². The van der Waals surface area contributed by atoms with Gasteiger partial charge in [-0.05, 0) is 30.5 Å². The van der Waals surface area contributed by atoms with E-state index in [0.717, 1.165) is 21.1 Å². The Morgan fingerprint density at radius 1 is 1.33 bits per heavy atom. The lowest BCUT2D eigenvalue weighted by Gasteiger charge is -2.29. The smallest absolute Gasteiger partial charge is 0.258 e. The van der Waals surface area contributed by atoms with E-state index in [1.54, 1.807) is 6.20 Å². The molecule has 5 nitrogen and oxygen atoms in total. The summed E-state index contributed by atoms with van der Waals surface area (Å²) in [5, 5.41) is 5.79. The first-order chi connectivity index (χ1) is 12.7. The van der Waals surface area contributed by atoms with E-state index in [4.69, 9.17) is 10.7 Å². The normalized spacial score (nSPS) is 12.7. The van der Waals surface area contributed by atoms with E-state index in [1.165, 1.54) is 0 Å². The van der Waals surface area contributed by atoms with Crippen LogP contribution in [0.15, 0.2) is 33.7 Å². The predicted octanol–water partition coefficient (Wildman–Crippen LogP) is 4.00. The lowest BCUT2D eigenvalue weighted by Crippen LogP contribution is -2.31. The van der Waals surface area contributed by atoms with Gasteiger partial charge in [-0.2, -0.15) is 0 Å². The molecular weight excluding hydrogens is 404 g/mol. The number of hydrogen-bond acceptors (Lipinski definition) is 4. The molecule has 3 rings (SSSR count). The fourth-order valence-corrected chi connectivity index (χ4v) is 3.12. The summed E-state index contributed by atoms with van der Waals surface area (Å²) in [6, 6.07) is 6.05. The summed E-state index contributed by atoms with van der Waals surface area (Å²) in [5.41, 5.74) is 6.62. The molecule has 4 N–H and O–H groups in total. The highest BCUT2D eigenvalue weighted by Crippen LogP contribution is 2.32. The van der Waals surface area contributed by atoms with Crippen LogP contribution in [0.3, 0.4) is 0 Å². The number of halogens is 1. The fraction of sp³-hybridized carbons (Fsp3) is 0.333. The fourth-order valence-electron chi connectivity index (χ4n) is 2.76. The SMILES string of the molecule is CC(Nc1nc2c(C#CCN)c[nH]c(=O)c2c2cc(Br)ccc12)C(C)(C)C. The van der Waals surface area contributed by atoms with E-state index >= 15 is 0 Å². The number of fused-ring (bicyclic) bond motifs is 3. The minimum atomic E-state index is -0.186. The zero-order valence-electron chi connectivity index (χ0n) is 15.9. The monoisotopic (exact) mass is 426 g/mol. The standard InChI is InChI=1S/C21H23BrN4O/c1-12(21(2,3)4)25-19-15-8-7-14(22)10-16(15)17-18(26-19)13(6-5-9-23)11-24-20(17)27/h7-8,10-12H,9,23H2,1-4H3,(H,24,27)(H,25,26). The van der Waals surface area contributed by atoms with Gasteiger partial charge >= 0.3 is 0 Å². The summed E-state index contributed by atoms with van der Waals surface area (Å²) < 4.78 is 0.898. The number of nitrogens with zero attached hydrogens (tertiary/aromatic N) is 1. The van der Waals surface area contributed by atoms with Gasteiger partial charge in [-0.1, -0.05) is 48.5 Å². The second-order valence-corrected chi connectivity index (χ2v) is 8.56. The summed E-state index contributed by atoms with van der Waals surface area (Å²) in [7, 11) is 0. The molecule has 0 bridgehead atoms. The molecule has 0 amide bonds. The number of hydrogen-bond donors (Lipinski definition) is 3. The first-order valence-electron chi connectivity index (χ1n) is 8.82. The summed E-state index contributed by atoms with van der Waals surface area (Å²) in [6.07, 6.45) is 1.60. The summed E-state index contributed by atoms with van der Waals surface area (Å²) in [6.45, 7) is 8.89. The van der Waals surface area contributed by atoms with E-state index in [-0.39, 0.29) is 23.6 Å². The Balaban J connectivity index is 2.39. The van der Waals surface area contributed by atoms with Gasteiger partial charge in [-0.25, -0.2) is 4.98 Å². The van der Waals surface area contributed by atoms with Crippen LogP contribution in [-0.4, -0.2) is 22.6 Å². The van der Waals surface area contributed by atoms with Gasteiger partial charge in [0.05, 0.1) is 23.0 Å². The molecule has 0 fully saturated rings. The Labute approximate surface area is 166 Å². The van der Waals surface area contributed by atoms with Crippen LogP contribution in [0.4, 0.5) is 5.82 Å². The molecule has 0 radical (unpaired) electrons. The number of nitrogens with two attached hydrogens (primary N) is 1. The zero-order chi connectivity index (χ0) is 19.8. The Morgan fingerprint density at radius 2 is 2.07 bits per heavy atom. The molecule has 3 aromatic rings. The number of aromatic amines is 1. The predicted molar refractivity (Wildman–Crippen MR) is 116 cm³/mol. The molecule has 140 valence electrons. The van der Waals surface area contributed by atoms with Gasteiger partial charge in [0.2, 0.25) is 0 Å². The molecule has 2 aromatic heterocycles. The Bertz CT molecular complexity index is 1130. The number of H-pyrrole nitrogens is 1. The minimum Gasteiger partial charge on any atom is -0.367 e. The van der Waals surface area contributed by atoms with Crippen molar-refractivity contribution in [1.29, 1.82) is 0 Å². The molecule has 0 aliphatic carbocycles. The lowest BCUT2D eigenvalue weighted by molar-refractivity contribution is 0.359. The van der Waals surface area contributed by atoms with Crippen LogP contribution in [0.5, 0.6) is 0 Å². The summed E-state index contributed by atoms with van der Waals surface area (Å²) >= 11 is 3.51. The topological polar surface area (TPSA) is 83.8 Å². The van der Waals surface area contributed by atoms with Crippen LogP contribution in [-0.2, 0) is 0 Å². The first-order valence-corrected chi connectivity index (χ1v) is 9.62. The second-order valence-electron chi connectivity index (χ2n) is 7.64. The van der Waals surface area contributed by atoms with Gasteiger partial charge in [0.1, 0.15) is 5.82 Å². The van der Waals surface area contributed by atoms with Crippen LogP contribution in [0.2, 0.25) is 0 Å². The van der Waals surface area contributed by atoms with Gasteiger partial charge in [0, 0.05) is 27.5 Å². The lowest BCUT2D eigenvalue weighted by atomic mass is 9.88. The summed E-state index contributed by atoms with van der Waals surface area (Å²) in [5.74, 6) is 6.61. The molecule has 0 aliphatic rings. The molecule has 0 saturated carbocycles. The maximum atomic E-state index is 12.6. The molecule has 2 heterocycles. The van der Waals surface area contributed by atoms with Crippen LogP contribution in [0, 0.1) is 17.3 Å². The van der Waals surface area contributed by atoms with E-state index in [0.29, 0.717) is 16.5 Å². The van der Waals surface area contributed by atoms with E-state index < -0.39 is 0 Å². The molecule has 1 atom stereocenters. The number of anilines is 1. The third-order valence-electron chi connectivity index (χ3n) is 4.77. The quantitative estimate of drug-likeness (QED) is 0.427. The maximum absolute atomic E-state index is 12.6. The number of aromatic nitrogens is 2. The highest BCUT2D eigenvalue weighted by molar-refractivity contribution is 9.10. The van der Waals surface area contributed by atoms with Crippen molar-refractivity contribution < 1.29 is 0 Å². The largest absolute Gasteiger partial charge is 0.367 e. The van der Waals surface area contributed by atoms with Crippen LogP contribution < -0.4 is 16.6 Å². The van der Waals surface area contributed by atoms with Crippen LogP contribution >= 0.6 is 15.9 Å². The number of rotatable bonds is 2. The highest BCUT2D eigenvalue weighted by atomic mass is 79.9. The average molecular weight is 427 g/mol. The molecular formula is C21H23BrN4O. The van der Waals surface area contributed by atoms with E-state index in [9.17, 15) is 4.79 Å². The van der Waals surface area contributed by atoms with Gasteiger partial charge in [0.25, 0.3) is 5.56 Å². The maximum Gasteiger partial charge on any atom is 0.258 e. The molecule has 0 saturated heterocycles. The molecule has 6 heteroatoms. The number of benzene rings is 1. The third-order valence-corrected chi connectivity index (χ3v) is 5.27.